The third kappa shape index (κ3) is 7.54. The first-order valence-electron chi connectivity index (χ1n) is 19.9. The van der Waals surface area contributed by atoms with Gasteiger partial charge < -0.3 is 13.4 Å². The molecule has 3 heterocycles. The van der Waals surface area contributed by atoms with Gasteiger partial charge in [-0.25, -0.2) is 0 Å². The van der Waals surface area contributed by atoms with Crippen molar-refractivity contribution in [1.29, 1.82) is 0 Å². The van der Waals surface area contributed by atoms with Crippen molar-refractivity contribution in [3.05, 3.63) is 232 Å². The summed E-state index contributed by atoms with van der Waals surface area (Å²) in [5.74, 6) is 0.482. The van der Waals surface area contributed by atoms with E-state index in [4.69, 9.17) is 13.8 Å². The molecular formula is C56H38IrN2O2+. The first kappa shape index (κ1) is 39.1. The van der Waals surface area contributed by atoms with Crippen molar-refractivity contribution in [2.24, 2.45) is 0 Å². The molecule has 0 unspecified atom stereocenters. The summed E-state index contributed by atoms with van der Waals surface area (Å²) in [6, 6.07) is 72.0. The Balaban J connectivity index is 0.000000270. The molecule has 0 bridgehead atoms. The molecule has 11 rings (SSSR count). The summed E-state index contributed by atoms with van der Waals surface area (Å²) in [7, 11) is 3.93. The van der Waals surface area contributed by atoms with E-state index in [9.17, 15) is 0 Å². The van der Waals surface area contributed by atoms with Crippen LogP contribution in [0.2, 0.25) is 0 Å². The van der Waals surface area contributed by atoms with Gasteiger partial charge in [0.05, 0.1) is 23.0 Å². The number of aromatic nitrogens is 2. The van der Waals surface area contributed by atoms with Gasteiger partial charge in [0, 0.05) is 23.6 Å². The first-order chi connectivity index (χ1) is 29.6. The number of nitrogens with zero attached hydrogens (tertiary/aromatic N) is 2. The zero-order chi connectivity index (χ0) is 40.4. The van der Waals surface area contributed by atoms with Crippen molar-refractivity contribution in [2.75, 3.05) is 0 Å². The number of hydrogen-bond acceptors (Lipinski definition) is 3. The average molecular weight is 963 g/mol. The van der Waals surface area contributed by atoms with Crippen molar-refractivity contribution >= 4 is 33.0 Å². The van der Waals surface area contributed by atoms with Gasteiger partial charge in [-0.1, -0.05) is 151 Å². The second kappa shape index (κ2) is 17.0. The number of oxazole rings is 1. The first-order valence-corrected chi connectivity index (χ1v) is 19.9. The molecule has 0 fully saturated rings. The average Bonchev–Trinajstić information content (AvgIpc) is 3.93. The zero-order valence-electron chi connectivity index (χ0n) is 33.1. The third-order valence-corrected chi connectivity index (χ3v) is 10.9. The smallest absolute Gasteiger partial charge is 0.500 e. The van der Waals surface area contributed by atoms with Gasteiger partial charge >= 0.3 is 20.1 Å². The Labute approximate surface area is 368 Å². The van der Waals surface area contributed by atoms with Gasteiger partial charge in [-0.05, 0) is 63.2 Å². The number of furan rings is 1. The van der Waals surface area contributed by atoms with Gasteiger partial charge in [0.2, 0.25) is 0 Å². The fourth-order valence-corrected chi connectivity index (χ4v) is 8.01. The molecule has 0 amide bonds. The molecule has 0 atom stereocenters. The zero-order valence-corrected chi connectivity index (χ0v) is 35.5. The van der Waals surface area contributed by atoms with E-state index in [1.165, 1.54) is 0 Å². The predicted octanol–water partition coefficient (Wildman–Crippen LogP) is 14.3. The van der Waals surface area contributed by atoms with Crippen LogP contribution < -0.4 is 4.57 Å². The van der Waals surface area contributed by atoms with Crippen LogP contribution in [0.4, 0.5) is 0 Å². The van der Waals surface area contributed by atoms with E-state index in [-0.39, 0.29) is 20.1 Å². The molecule has 0 aliphatic heterocycles. The fraction of sp³-hybridized carbons (Fsp3) is 0. The van der Waals surface area contributed by atoms with Crippen LogP contribution in [0.5, 0.6) is 0 Å². The van der Waals surface area contributed by atoms with Crippen molar-refractivity contribution in [3.63, 3.8) is 0 Å². The minimum atomic E-state index is 0. The van der Waals surface area contributed by atoms with Crippen molar-refractivity contribution < 1.29 is 33.5 Å². The minimum absolute atomic E-state index is 0. The SMILES string of the molecule is [CH2-]c1ccccc1-c1cccc[n+]1[CH2-].[Ir+3].[c-]1ccc2c(oc3ccccc32)c1-c1nc2cccc(-c3c(-c4ccccc4)cc(-c4ccccc4)cc3-c3ccccc3)c2o1. The molecule has 4 nitrogen and oxygen atoms in total. The van der Waals surface area contributed by atoms with Gasteiger partial charge in [-0.2, -0.15) is 18.6 Å². The molecule has 0 spiro atoms. The van der Waals surface area contributed by atoms with Crippen molar-refractivity contribution in [1.82, 2.24) is 4.98 Å². The number of hydrogen-bond donors (Lipinski definition) is 0. The molecule has 3 aromatic heterocycles. The largest absolute Gasteiger partial charge is 3.00 e. The van der Waals surface area contributed by atoms with Gasteiger partial charge in [0.1, 0.15) is 17.1 Å². The van der Waals surface area contributed by atoms with Gasteiger partial charge in [0.25, 0.3) is 0 Å². The monoisotopic (exact) mass is 963 g/mol. The van der Waals surface area contributed by atoms with Crippen molar-refractivity contribution in [2.45, 2.75) is 0 Å². The maximum atomic E-state index is 6.74. The van der Waals surface area contributed by atoms with Gasteiger partial charge in [-0.15, -0.1) is 35.9 Å². The summed E-state index contributed by atoms with van der Waals surface area (Å²) in [5, 5.41) is 2.07. The number of para-hydroxylation sites is 2. The van der Waals surface area contributed by atoms with Crippen LogP contribution in [0.25, 0.3) is 100 Å². The van der Waals surface area contributed by atoms with Crippen LogP contribution in [0, 0.1) is 20.0 Å². The molecule has 0 saturated carbocycles. The molecule has 61 heavy (non-hydrogen) atoms. The minimum Gasteiger partial charge on any atom is -0.500 e. The second-order valence-corrected chi connectivity index (χ2v) is 14.6. The van der Waals surface area contributed by atoms with Crippen LogP contribution in [0.1, 0.15) is 5.56 Å². The summed E-state index contributed by atoms with van der Waals surface area (Å²) in [5.41, 5.74) is 15.9. The Morgan fingerprint density at radius 1 is 0.492 bits per heavy atom. The summed E-state index contributed by atoms with van der Waals surface area (Å²) < 4.78 is 14.9. The van der Waals surface area contributed by atoms with Crippen LogP contribution >= 0.6 is 0 Å². The normalized spacial score (nSPS) is 11.0. The number of fused-ring (bicyclic) bond motifs is 4. The summed E-state index contributed by atoms with van der Waals surface area (Å²) in [6.07, 6.45) is 1.93. The van der Waals surface area contributed by atoms with Gasteiger partial charge in [0.15, 0.2) is 0 Å². The van der Waals surface area contributed by atoms with E-state index in [0.29, 0.717) is 11.5 Å². The topological polar surface area (TPSA) is 43.0 Å². The molecule has 0 radical (unpaired) electrons. The summed E-state index contributed by atoms with van der Waals surface area (Å²) >= 11 is 0. The Hall–Kier alpha value is -7.43. The van der Waals surface area contributed by atoms with E-state index in [1.54, 1.807) is 0 Å². The number of benzene rings is 8. The van der Waals surface area contributed by atoms with Crippen LogP contribution in [-0.4, -0.2) is 4.98 Å². The Morgan fingerprint density at radius 2 is 1.10 bits per heavy atom. The maximum Gasteiger partial charge on any atom is 3.00 e. The van der Waals surface area contributed by atoms with Crippen LogP contribution in [0.3, 0.4) is 0 Å². The van der Waals surface area contributed by atoms with Crippen LogP contribution in [0.15, 0.2) is 215 Å². The van der Waals surface area contributed by atoms with E-state index in [0.717, 1.165) is 94.4 Å². The fourth-order valence-electron chi connectivity index (χ4n) is 8.01. The van der Waals surface area contributed by atoms with E-state index in [2.05, 4.69) is 147 Å². The predicted molar refractivity (Wildman–Crippen MR) is 245 cm³/mol. The molecule has 5 heteroatoms. The second-order valence-electron chi connectivity index (χ2n) is 14.6. The number of pyridine rings is 1. The summed E-state index contributed by atoms with van der Waals surface area (Å²) in [6.45, 7) is 4.00. The standard InChI is InChI=1S/C43H26NO2.C13H12N.Ir/c1-4-14-28(15-5-1)31-26-36(29-16-6-2-7-17-29)40(37(27-31)30-18-8-3-9-19-30)34-22-13-24-38-42(34)46-43(44-38)35-23-12-21-33-32-20-10-11-25-39(32)45-41(33)35;1-11-7-3-4-8-12(11)13-9-5-6-10-14(13)2;/h1-22,24-27H;3-10H,1-2H2;/q2*-1;+3. The summed E-state index contributed by atoms with van der Waals surface area (Å²) in [4.78, 5) is 5.00. The molecule has 0 aliphatic carbocycles. The molecule has 0 N–H and O–H groups in total. The molecular weight excluding hydrogens is 925 g/mol. The van der Waals surface area contributed by atoms with E-state index >= 15 is 0 Å². The Morgan fingerprint density at radius 3 is 1.79 bits per heavy atom. The quantitative estimate of drug-likeness (QED) is 0.123. The molecule has 11 aromatic rings. The Bertz CT molecular complexity index is 3180. The molecule has 0 saturated heterocycles. The Kier molecular flexibility index (Phi) is 10.9. The van der Waals surface area contributed by atoms with E-state index < -0.39 is 0 Å². The third-order valence-electron chi connectivity index (χ3n) is 10.9. The van der Waals surface area contributed by atoms with E-state index in [1.807, 2.05) is 83.6 Å². The molecule has 0 aliphatic rings. The molecule has 8 aromatic carbocycles. The maximum absolute atomic E-state index is 6.74. The van der Waals surface area contributed by atoms with Crippen molar-refractivity contribution in [3.8, 4) is 67.2 Å². The van der Waals surface area contributed by atoms with Gasteiger partial charge in [-0.3, -0.25) is 4.98 Å². The van der Waals surface area contributed by atoms with Crippen LogP contribution in [-0.2, 0) is 20.1 Å². The molecule has 292 valence electrons. The number of rotatable bonds is 6.